The number of hydrogen-bond donors (Lipinski definition) is 0. The molecule has 3 aromatic rings. The number of benzene rings is 3. The SMILES string of the molecule is COc1ccc(CC(=O)C2(c3ccc4c(c3)OCO4)CC2)cc1-c1ccc(C(=O)N(C)C)cc1. The second-order valence-corrected chi connectivity index (χ2v) is 9.06. The average Bonchev–Trinajstić information content (AvgIpc) is 3.54. The maximum Gasteiger partial charge on any atom is 0.253 e. The van der Waals surface area contributed by atoms with E-state index in [4.69, 9.17) is 14.2 Å². The zero-order chi connectivity index (χ0) is 23.9. The lowest BCUT2D eigenvalue weighted by atomic mass is 9.87. The van der Waals surface area contributed by atoms with Gasteiger partial charge in [0.2, 0.25) is 6.79 Å². The van der Waals surface area contributed by atoms with Gasteiger partial charge in [0.25, 0.3) is 5.91 Å². The summed E-state index contributed by atoms with van der Waals surface area (Å²) in [5.41, 5.74) is 3.93. The van der Waals surface area contributed by atoms with Crippen LogP contribution >= 0.6 is 0 Å². The number of ether oxygens (including phenoxy) is 3. The number of Topliss-reactive ketones (excluding diaryl/α,β-unsaturated/α-hetero) is 1. The second-order valence-electron chi connectivity index (χ2n) is 9.06. The third-order valence-electron chi connectivity index (χ3n) is 6.69. The van der Waals surface area contributed by atoms with E-state index in [1.807, 2.05) is 60.7 Å². The molecule has 0 saturated heterocycles. The number of carbonyl (C=O) groups excluding carboxylic acids is 2. The summed E-state index contributed by atoms with van der Waals surface area (Å²) in [6.07, 6.45) is 2.02. The largest absolute Gasteiger partial charge is 0.496 e. The van der Waals surface area contributed by atoms with Crippen molar-refractivity contribution in [2.45, 2.75) is 24.7 Å². The van der Waals surface area contributed by atoms with E-state index in [0.29, 0.717) is 17.7 Å². The molecule has 1 aliphatic heterocycles. The van der Waals surface area contributed by atoms with E-state index in [9.17, 15) is 9.59 Å². The van der Waals surface area contributed by atoms with Crippen LogP contribution in [0.3, 0.4) is 0 Å². The molecule has 1 aliphatic carbocycles. The molecule has 0 atom stereocenters. The van der Waals surface area contributed by atoms with Gasteiger partial charge in [0.15, 0.2) is 11.5 Å². The van der Waals surface area contributed by atoms with E-state index < -0.39 is 5.41 Å². The molecular formula is C28H27NO5. The first kappa shape index (κ1) is 22.0. The lowest BCUT2D eigenvalue weighted by Crippen LogP contribution is -2.22. The Morgan fingerprint density at radius 1 is 0.941 bits per heavy atom. The topological polar surface area (TPSA) is 65.1 Å². The first-order valence-electron chi connectivity index (χ1n) is 11.3. The molecule has 0 radical (unpaired) electrons. The van der Waals surface area contributed by atoms with Gasteiger partial charge in [-0.1, -0.05) is 24.3 Å². The van der Waals surface area contributed by atoms with Gasteiger partial charge in [0, 0.05) is 31.6 Å². The number of hydrogen-bond acceptors (Lipinski definition) is 5. The lowest BCUT2D eigenvalue weighted by molar-refractivity contribution is -0.120. The Kier molecular flexibility index (Phi) is 5.52. The Bertz CT molecular complexity index is 1260. The minimum Gasteiger partial charge on any atom is -0.496 e. The number of carbonyl (C=O) groups is 2. The summed E-state index contributed by atoms with van der Waals surface area (Å²) < 4.78 is 16.5. The molecule has 174 valence electrons. The smallest absolute Gasteiger partial charge is 0.253 e. The molecule has 0 spiro atoms. The van der Waals surface area contributed by atoms with Crippen molar-refractivity contribution in [2.75, 3.05) is 28.0 Å². The maximum absolute atomic E-state index is 13.4. The summed E-state index contributed by atoms with van der Waals surface area (Å²) in [6.45, 7) is 0.221. The molecule has 0 bridgehead atoms. The van der Waals surface area contributed by atoms with Gasteiger partial charge in [-0.15, -0.1) is 0 Å². The van der Waals surface area contributed by atoms with Gasteiger partial charge in [-0.2, -0.15) is 0 Å². The number of nitrogens with zero attached hydrogens (tertiary/aromatic N) is 1. The number of methoxy groups -OCH3 is 1. The highest BCUT2D eigenvalue weighted by molar-refractivity contribution is 5.96. The van der Waals surface area contributed by atoms with Gasteiger partial charge in [0.05, 0.1) is 12.5 Å². The fraction of sp³-hybridized carbons (Fsp3) is 0.286. The number of amides is 1. The molecule has 0 N–H and O–H groups in total. The van der Waals surface area contributed by atoms with Crippen LogP contribution in [0.25, 0.3) is 11.1 Å². The van der Waals surface area contributed by atoms with Crippen LogP contribution in [-0.4, -0.2) is 44.6 Å². The monoisotopic (exact) mass is 457 g/mol. The Morgan fingerprint density at radius 3 is 2.35 bits per heavy atom. The van der Waals surface area contributed by atoms with Gasteiger partial charge < -0.3 is 19.1 Å². The van der Waals surface area contributed by atoms with Crippen LogP contribution in [0.5, 0.6) is 17.2 Å². The zero-order valence-electron chi connectivity index (χ0n) is 19.6. The van der Waals surface area contributed by atoms with Crippen molar-refractivity contribution in [3.8, 4) is 28.4 Å². The Hall–Kier alpha value is -3.80. The molecule has 0 unspecified atom stereocenters. The van der Waals surface area contributed by atoms with Crippen LogP contribution in [-0.2, 0) is 16.6 Å². The maximum atomic E-state index is 13.4. The highest BCUT2D eigenvalue weighted by Gasteiger charge is 2.50. The van der Waals surface area contributed by atoms with Crippen molar-refractivity contribution in [2.24, 2.45) is 0 Å². The van der Waals surface area contributed by atoms with Crippen LogP contribution in [0, 0.1) is 0 Å². The van der Waals surface area contributed by atoms with Crippen LogP contribution in [0.1, 0.15) is 34.3 Å². The normalized spacial score (nSPS) is 15.0. The summed E-state index contributed by atoms with van der Waals surface area (Å²) in [5, 5.41) is 0. The summed E-state index contributed by atoms with van der Waals surface area (Å²) >= 11 is 0. The molecule has 6 heteroatoms. The van der Waals surface area contributed by atoms with E-state index >= 15 is 0 Å². The molecule has 2 aliphatic rings. The molecule has 1 fully saturated rings. The predicted molar refractivity (Wildman–Crippen MR) is 129 cm³/mol. The van der Waals surface area contributed by atoms with Crippen LogP contribution in [0.2, 0.25) is 0 Å². The highest BCUT2D eigenvalue weighted by atomic mass is 16.7. The third kappa shape index (κ3) is 3.89. The van der Waals surface area contributed by atoms with Crippen LogP contribution in [0.4, 0.5) is 0 Å². The molecule has 0 aromatic heterocycles. The lowest BCUT2D eigenvalue weighted by Gasteiger charge is -2.17. The standard InChI is InChI=1S/C28H27NO5/c1-29(2)27(31)20-7-5-19(6-8-20)22-14-18(4-10-23(22)32-3)15-26(30)28(12-13-28)21-9-11-24-25(16-21)34-17-33-24/h4-11,14,16H,12-13,15,17H2,1-3H3. The van der Waals surface area contributed by atoms with E-state index in [0.717, 1.165) is 46.6 Å². The fourth-order valence-corrected chi connectivity index (χ4v) is 4.54. The number of ketones is 1. The van der Waals surface area contributed by atoms with Crippen LogP contribution in [0.15, 0.2) is 60.7 Å². The highest BCUT2D eigenvalue weighted by Crippen LogP contribution is 2.51. The summed E-state index contributed by atoms with van der Waals surface area (Å²) in [6, 6.07) is 19.1. The van der Waals surface area contributed by atoms with Gasteiger partial charge in [-0.25, -0.2) is 0 Å². The minimum atomic E-state index is -0.449. The molecule has 1 amide bonds. The number of fused-ring (bicyclic) bond motifs is 1. The van der Waals surface area contributed by atoms with Crippen LogP contribution < -0.4 is 14.2 Å². The first-order valence-corrected chi connectivity index (χ1v) is 11.3. The van der Waals surface area contributed by atoms with Gasteiger partial charge >= 0.3 is 0 Å². The quantitative estimate of drug-likeness (QED) is 0.517. The molecule has 1 saturated carbocycles. The first-order chi connectivity index (χ1) is 16.4. The Labute approximate surface area is 199 Å². The van der Waals surface area contributed by atoms with Crippen molar-refractivity contribution < 1.29 is 23.8 Å². The van der Waals surface area contributed by atoms with Gasteiger partial charge in [0.1, 0.15) is 11.5 Å². The summed E-state index contributed by atoms with van der Waals surface area (Å²) in [4.78, 5) is 27.2. The average molecular weight is 458 g/mol. The van der Waals surface area contributed by atoms with Gasteiger partial charge in [-0.05, 0) is 65.9 Å². The van der Waals surface area contributed by atoms with E-state index in [2.05, 4.69) is 0 Å². The van der Waals surface area contributed by atoms with E-state index in [1.54, 1.807) is 26.1 Å². The molecule has 34 heavy (non-hydrogen) atoms. The van der Waals surface area contributed by atoms with Crippen molar-refractivity contribution in [1.82, 2.24) is 4.90 Å². The molecular weight excluding hydrogens is 430 g/mol. The van der Waals surface area contributed by atoms with E-state index in [-0.39, 0.29) is 18.5 Å². The summed E-state index contributed by atoms with van der Waals surface area (Å²) in [7, 11) is 5.10. The Balaban J connectivity index is 1.39. The minimum absolute atomic E-state index is 0.0453. The fourth-order valence-electron chi connectivity index (χ4n) is 4.54. The van der Waals surface area contributed by atoms with Gasteiger partial charge in [-0.3, -0.25) is 9.59 Å². The second kappa shape index (κ2) is 8.52. The molecule has 5 rings (SSSR count). The predicted octanol–water partition coefficient (Wildman–Crippen LogP) is 4.64. The molecule has 6 nitrogen and oxygen atoms in total. The molecule has 3 aromatic carbocycles. The molecule has 1 heterocycles. The Morgan fingerprint density at radius 2 is 1.68 bits per heavy atom. The van der Waals surface area contributed by atoms with Crippen molar-refractivity contribution in [3.05, 3.63) is 77.4 Å². The van der Waals surface area contributed by atoms with Crippen molar-refractivity contribution in [1.29, 1.82) is 0 Å². The van der Waals surface area contributed by atoms with Crippen molar-refractivity contribution in [3.63, 3.8) is 0 Å². The van der Waals surface area contributed by atoms with Crippen molar-refractivity contribution >= 4 is 11.7 Å². The zero-order valence-corrected chi connectivity index (χ0v) is 19.6. The third-order valence-corrected chi connectivity index (χ3v) is 6.69. The number of rotatable bonds is 7. The van der Waals surface area contributed by atoms with E-state index in [1.165, 1.54) is 0 Å². The summed E-state index contributed by atoms with van der Waals surface area (Å²) in [5.74, 6) is 2.31.